The number of nitrogen functional groups attached to an aromatic ring is 2. The van der Waals surface area contributed by atoms with Gasteiger partial charge in [0.25, 0.3) is 5.91 Å². The highest BCUT2D eigenvalue weighted by molar-refractivity contribution is 8.76. The summed E-state index contributed by atoms with van der Waals surface area (Å²) in [5, 5.41) is 28.6. The minimum Gasteiger partial charge on any atom is -0.478 e. The topological polar surface area (TPSA) is 469 Å². The Morgan fingerprint density at radius 2 is 1.76 bits per heavy atom. The van der Waals surface area contributed by atoms with Crippen molar-refractivity contribution in [2.75, 3.05) is 62.7 Å². The van der Waals surface area contributed by atoms with Crippen molar-refractivity contribution >= 4 is 85.4 Å². The standard InChI is InChI=1S/C43H50N11O19P3S2/c44-27-7-10-30-33(18-27)70-34-19-28(45)8-11-31(34)38(30)32-17-25(6-9-29(32)41(56)57)40(55)48-14-16-77-78-24-67-15-3-1-2-12-49-42(58)50-13-4-5-26-21-54(43(59)52-39(26)46)37-20-35(68-23-51-53-47)36(71-37)22-69-75(63,64)73-76(65,66)72-74(60,61)62/h6-11,17-19,21,35-37,44H,1-3,12-16,20,22-24,45H2,(H,48,55)(H,56,57)(H,63,64)(H,65,66)(H2,46,52,59)(H2,49,50,58)(H2,60,61,62)/p+1/t35-,36-,37-/m1/s1. The largest absolute Gasteiger partial charge is 0.490 e. The van der Waals surface area contributed by atoms with E-state index in [4.69, 9.17) is 50.8 Å². The maximum absolute atomic E-state index is 13.3. The molecule has 30 nitrogen and oxygen atoms in total. The molecule has 2 unspecified atom stereocenters. The van der Waals surface area contributed by atoms with E-state index in [-0.39, 0.29) is 41.4 Å². The molecule has 3 aliphatic rings. The van der Waals surface area contributed by atoms with Gasteiger partial charge in [-0.3, -0.25) is 19.3 Å². The lowest BCUT2D eigenvalue weighted by Crippen LogP contribution is -2.44. The molecule has 418 valence electrons. The number of aromatic nitrogens is 2. The lowest BCUT2D eigenvalue weighted by Gasteiger charge is -2.21. The first-order valence-corrected chi connectivity index (χ1v) is 29.8. The summed E-state index contributed by atoms with van der Waals surface area (Å²) in [5.41, 5.74) is 22.3. The third kappa shape index (κ3) is 18.1. The van der Waals surface area contributed by atoms with E-state index in [0.717, 1.165) is 17.4 Å². The summed E-state index contributed by atoms with van der Waals surface area (Å²) in [5.74, 6) is 4.96. The zero-order chi connectivity index (χ0) is 56.6. The fraction of sp³-hybridized carbons (Fsp3) is 0.349. The average Bonchev–Trinajstić information content (AvgIpc) is 3.84. The highest BCUT2D eigenvalue weighted by atomic mass is 33.1. The molecular weight excluding hydrogens is 1130 g/mol. The van der Waals surface area contributed by atoms with E-state index in [1.807, 2.05) is 0 Å². The lowest BCUT2D eigenvalue weighted by atomic mass is 9.89. The van der Waals surface area contributed by atoms with Crippen LogP contribution in [-0.2, 0) is 41.1 Å². The second kappa shape index (κ2) is 28.0. The van der Waals surface area contributed by atoms with Crippen LogP contribution in [-0.4, -0.2) is 116 Å². The highest BCUT2D eigenvalue weighted by Crippen LogP contribution is 2.66. The molecule has 1 aliphatic carbocycles. The summed E-state index contributed by atoms with van der Waals surface area (Å²) in [6.45, 7) is -0.467. The van der Waals surface area contributed by atoms with Crippen molar-refractivity contribution in [2.45, 2.75) is 44.1 Å². The van der Waals surface area contributed by atoms with Crippen molar-refractivity contribution in [3.63, 3.8) is 0 Å². The van der Waals surface area contributed by atoms with Gasteiger partial charge in [-0.05, 0) is 66.8 Å². The van der Waals surface area contributed by atoms with Crippen LogP contribution < -0.4 is 43.9 Å². The van der Waals surface area contributed by atoms with Crippen LogP contribution in [0.3, 0.4) is 0 Å². The summed E-state index contributed by atoms with van der Waals surface area (Å²) >= 11 is 0. The number of carbonyl (C=O) groups excluding carboxylic acids is 2. The Balaban J connectivity index is 0.865. The number of hydrogen-bond acceptors (Lipinski definition) is 20. The van der Waals surface area contributed by atoms with Gasteiger partial charge in [0.2, 0.25) is 0 Å². The number of amides is 3. The highest BCUT2D eigenvalue weighted by Gasteiger charge is 2.44. The van der Waals surface area contributed by atoms with Crippen LogP contribution in [0.5, 0.6) is 0 Å². The summed E-state index contributed by atoms with van der Waals surface area (Å²) in [6, 6.07) is 14.1. The SMILES string of the molecule is [N-]=[N+]=NCO[C@@H]1C[C@H](n2cc(C#CCNC(=O)NCCCCCOCSSCCNC(=O)c3ccc(C(=O)O)c(-c4c5ccc(=[NH2+])cc-5oc5cc(N)ccc45)c3)c(N)nc2=O)O[C@@H]1COP(=O)(O)OP(=O)(O)OP(=O)(O)O. The van der Waals surface area contributed by atoms with E-state index in [9.17, 15) is 47.8 Å². The van der Waals surface area contributed by atoms with Crippen molar-refractivity contribution in [3.05, 3.63) is 104 Å². The number of carboxylic acids is 1. The van der Waals surface area contributed by atoms with Gasteiger partial charge in [-0.2, -0.15) is 13.6 Å². The number of urea groups is 1. The third-order valence-electron chi connectivity index (χ3n) is 10.7. The Bertz CT molecular complexity index is 3370. The van der Waals surface area contributed by atoms with Crippen LogP contribution in [0.25, 0.3) is 43.9 Å². The summed E-state index contributed by atoms with van der Waals surface area (Å²) in [7, 11) is -14.0. The quantitative estimate of drug-likeness (QED) is 0.00344. The lowest BCUT2D eigenvalue weighted by molar-refractivity contribution is -0.172. The Morgan fingerprint density at radius 3 is 2.51 bits per heavy atom. The predicted molar refractivity (Wildman–Crippen MR) is 280 cm³/mol. The molecule has 3 amide bonds. The molecule has 0 bridgehead atoms. The van der Waals surface area contributed by atoms with Gasteiger partial charge in [0.15, 0.2) is 5.36 Å². The van der Waals surface area contributed by atoms with Crippen LogP contribution in [0, 0.1) is 11.8 Å². The number of hydrogen-bond donors (Lipinski definition) is 11. The van der Waals surface area contributed by atoms with Gasteiger partial charge in [0, 0.05) is 82.9 Å². The Hall–Kier alpha value is -6.32. The van der Waals surface area contributed by atoms with Crippen LogP contribution in [0.1, 0.15) is 58.2 Å². The maximum atomic E-state index is 13.3. The number of carbonyl (C=O) groups is 3. The molecule has 1 aromatic heterocycles. The Morgan fingerprint density at radius 1 is 0.962 bits per heavy atom. The van der Waals surface area contributed by atoms with Gasteiger partial charge >= 0.3 is 41.2 Å². The number of nitrogens with one attached hydrogen (secondary N) is 3. The van der Waals surface area contributed by atoms with Gasteiger partial charge in [0.05, 0.1) is 36.4 Å². The molecule has 2 aromatic carbocycles. The molecule has 14 N–H and O–H groups in total. The van der Waals surface area contributed by atoms with E-state index >= 15 is 0 Å². The van der Waals surface area contributed by atoms with Crippen molar-refractivity contribution in [1.82, 2.24) is 25.5 Å². The number of unbranched alkanes of at least 4 members (excludes halogenated alkanes) is 2. The van der Waals surface area contributed by atoms with Crippen LogP contribution in [0.15, 0.2) is 75.1 Å². The first-order valence-electron chi connectivity index (χ1n) is 22.8. The van der Waals surface area contributed by atoms with E-state index in [1.54, 1.807) is 42.5 Å². The number of rotatable bonds is 27. The molecule has 1 saturated heterocycles. The second-order valence-electron chi connectivity index (χ2n) is 16.3. The molecule has 0 saturated carbocycles. The van der Waals surface area contributed by atoms with E-state index in [0.29, 0.717) is 82.3 Å². The molecule has 1 fully saturated rings. The van der Waals surface area contributed by atoms with Crippen molar-refractivity contribution in [1.29, 1.82) is 0 Å². The molecule has 0 radical (unpaired) electrons. The fourth-order valence-corrected chi connectivity index (χ4v) is 12.0. The minimum atomic E-state index is -5.82. The maximum Gasteiger partial charge on any atom is 0.490 e. The number of ether oxygens (including phenoxy) is 3. The van der Waals surface area contributed by atoms with E-state index in [2.05, 4.69) is 55.9 Å². The number of azide groups is 1. The number of fused-ring (bicyclic) bond motifs is 2. The Kier molecular flexibility index (Phi) is 21.9. The predicted octanol–water partition coefficient (Wildman–Crippen LogP) is 3.17. The smallest absolute Gasteiger partial charge is 0.478 e. The summed E-state index contributed by atoms with van der Waals surface area (Å²) in [6.07, 6.45) is -0.552. The zero-order valence-electron chi connectivity index (χ0n) is 40.6. The van der Waals surface area contributed by atoms with Crippen LogP contribution in [0.4, 0.5) is 16.3 Å². The number of carboxylic acid groups (broad SMARTS) is 1. The molecule has 3 heterocycles. The average molecular weight is 1180 g/mol. The normalized spacial score (nSPS) is 16.8. The summed E-state index contributed by atoms with van der Waals surface area (Å²) in [4.78, 5) is 94.0. The van der Waals surface area contributed by atoms with Gasteiger partial charge < -0.3 is 70.7 Å². The van der Waals surface area contributed by atoms with Gasteiger partial charge in [-0.15, -0.1) is 0 Å². The van der Waals surface area contributed by atoms with Gasteiger partial charge in [-0.25, -0.2) is 28.1 Å². The van der Waals surface area contributed by atoms with E-state index < -0.39 is 72.9 Å². The van der Waals surface area contributed by atoms with Gasteiger partial charge in [0.1, 0.15) is 42.2 Å². The molecular formula is C43H51N11O19P3S2+. The molecule has 0 spiro atoms. The van der Waals surface area contributed by atoms with Crippen LogP contribution in [0.2, 0.25) is 0 Å². The number of aromatic carboxylic acids is 1. The monoisotopic (exact) mass is 1180 g/mol. The van der Waals surface area contributed by atoms with Crippen molar-refractivity contribution in [2.24, 2.45) is 5.11 Å². The molecule has 3 aromatic rings. The zero-order valence-corrected chi connectivity index (χ0v) is 44.9. The molecule has 35 heteroatoms. The summed E-state index contributed by atoms with van der Waals surface area (Å²) < 4.78 is 70.9. The second-order valence-corrected chi connectivity index (χ2v) is 23.2. The number of benzene rings is 3. The van der Waals surface area contributed by atoms with Crippen molar-refractivity contribution in [3.8, 4) is 34.3 Å². The number of anilines is 2. The fourth-order valence-electron chi connectivity index (χ4n) is 7.43. The molecule has 2 aliphatic heterocycles. The number of phosphoric ester groups is 1. The van der Waals surface area contributed by atoms with E-state index in [1.165, 1.54) is 39.9 Å². The third-order valence-corrected chi connectivity index (χ3v) is 16.6. The molecule has 6 rings (SSSR count). The Labute approximate surface area is 449 Å². The first-order chi connectivity index (χ1) is 37.0. The van der Waals surface area contributed by atoms with Gasteiger partial charge in [-0.1, -0.05) is 38.5 Å². The van der Waals surface area contributed by atoms with Crippen molar-refractivity contribution < 1.29 is 89.9 Å². The molecule has 78 heavy (non-hydrogen) atoms. The molecule has 5 atom stereocenters. The first kappa shape index (κ1) is 60.9. The minimum absolute atomic E-state index is 0.00175. The number of phosphoric acid groups is 3. The number of nitrogens with two attached hydrogens (primary N) is 3. The van der Waals surface area contributed by atoms with Crippen LogP contribution >= 0.6 is 45.1 Å². The number of nitrogens with zero attached hydrogens (tertiary/aromatic N) is 5.